The van der Waals surface area contributed by atoms with E-state index in [1.54, 1.807) is 0 Å². The van der Waals surface area contributed by atoms with Crippen molar-refractivity contribution in [2.24, 2.45) is 0 Å². The number of aromatic nitrogens is 3. The van der Waals surface area contributed by atoms with E-state index in [-0.39, 0.29) is 10.9 Å². The predicted molar refractivity (Wildman–Crippen MR) is 118 cm³/mol. The molecule has 1 N–H and O–H groups in total. The summed E-state index contributed by atoms with van der Waals surface area (Å²) < 4.78 is 97.9. The van der Waals surface area contributed by atoms with Crippen LogP contribution in [0.1, 0.15) is 11.1 Å². The third-order valence-electron chi connectivity index (χ3n) is 6.09. The molecule has 3 aromatic carbocycles. The van der Waals surface area contributed by atoms with E-state index in [1.807, 2.05) is 0 Å². The topological polar surface area (TPSA) is 43.0 Å². The molecule has 0 spiro atoms. The first-order chi connectivity index (χ1) is 16.9. The zero-order valence-electron chi connectivity index (χ0n) is 18.1. The average Bonchev–Trinajstić information content (AvgIpc) is 3.41. The van der Waals surface area contributed by atoms with Gasteiger partial charge in [-0.05, 0) is 65.5 Å². The van der Waals surface area contributed by atoms with Crippen LogP contribution in [0.25, 0.3) is 27.5 Å². The van der Waals surface area contributed by atoms with Crippen LogP contribution < -0.4 is 0 Å². The molecule has 2 heterocycles. The first-order valence-corrected chi connectivity index (χ1v) is 10.6. The third kappa shape index (κ3) is 3.98. The van der Waals surface area contributed by atoms with Crippen molar-refractivity contribution in [2.45, 2.75) is 24.5 Å². The van der Waals surface area contributed by atoms with Crippen LogP contribution in [0.2, 0.25) is 0 Å². The van der Waals surface area contributed by atoms with E-state index in [0.29, 0.717) is 16.6 Å². The third-order valence-corrected chi connectivity index (χ3v) is 6.09. The Morgan fingerprint density at radius 1 is 0.750 bits per heavy atom. The first kappa shape index (κ1) is 23.9. The van der Waals surface area contributed by atoms with Gasteiger partial charge in [0.1, 0.15) is 5.82 Å². The van der Waals surface area contributed by atoms with E-state index in [0.717, 1.165) is 34.9 Å². The van der Waals surface area contributed by atoms with Crippen LogP contribution in [0.15, 0.2) is 79.1 Å². The minimum absolute atomic E-state index is 0.0993. The number of hydrogen-bond acceptors (Lipinski definition) is 2. The van der Waals surface area contributed by atoms with Gasteiger partial charge in [0.05, 0.1) is 29.5 Å². The zero-order valence-corrected chi connectivity index (χ0v) is 18.1. The van der Waals surface area contributed by atoms with Crippen LogP contribution in [-0.4, -0.2) is 25.6 Å². The van der Waals surface area contributed by atoms with E-state index >= 15 is 0 Å². The van der Waals surface area contributed by atoms with Crippen molar-refractivity contribution in [3.8, 4) is 5.69 Å². The molecule has 186 valence electrons. The van der Waals surface area contributed by atoms with Crippen LogP contribution >= 0.6 is 0 Å². The summed E-state index contributed by atoms with van der Waals surface area (Å²) in [5.74, 6) is -0.465. The summed E-state index contributed by atoms with van der Waals surface area (Å²) in [5.41, 5.74) is -4.15. The Bertz CT molecular complexity index is 1570. The van der Waals surface area contributed by atoms with Crippen molar-refractivity contribution in [3.63, 3.8) is 0 Å². The van der Waals surface area contributed by atoms with Gasteiger partial charge >= 0.3 is 12.4 Å². The van der Waals surface area contributed by atoms with Crippen molar-refractivity contribution >= 4 is 21.8 Å². The standard InChI is InChI=1S/C25H16F7N3O/c26-19-4-6-20(7-5-19)35-21-8-3-17(11-16(21)13-33-35)23(36,25(30,31)32)14-34-10-9-15-1-2-18(12-22(15)34)24(27,28)29/h1-13,36H,14H2. The largest absolute Gasteiger partial charge is 0.423 e. The van der Waals surface area contributed by atoms with Crippen molar-refractivity contribution in [1.82, 2.24) is 14.3 Å². The molecule has 36 heavy (non-hydrogen) atoms. The van der Waals surface area contributed by atoms with Gasteiger partial charge in [-0.3, -0.25) is 0 Å². The summed E-state index contributed by atoms with van der Waals surface area (Å²) >= 11 is 0. The van der Waals surface area contributed by atoms with Gasteiger partial charge in [0.15, 0.2) is 0 Å². The molecular weight excluding hydrogens is 491 g/mol. The Hall–Kier alpha value is -3.86. The molecular formula is C25H16F7N3O. The van der Waals surface area contributed by atoms with Gasteiger partial charge in [-0.15, -0.1) is 0 Å². The number of benzene rings is 3. The summed E-state index contributed by atoms with van der Waals surface area (Å²) in [5, 5.41) is 15.7. The molecule has 1 atom stereocenters. The fraction of sp³-hybridized carbons (Fsp3) is 0.160. The Kier molecular flexibility index (Phi) is 5.36. The Labute approximate surface area is 198 Å². The molecule has 0 fully saturated rings. The van der Waals surface area contributed by atoms with E-state index < -0.39 is 41.4 Å². The quantitative estimate of drug-likeness (QED) is 0.279. The molecule has 0 radical (unpaired) electrons. The second-order valence-corrected chi connectivity index (χ2v) is 8.38. The molecule has 1 unspecified atom stereocenters. The molecule has 5 rings (SSSR count). The predicted octanol–water partition coefficient (Wildman–Crippen LogP) is 6.59. The summed E-state index contributed by atoms with van der Waals surface area (Å²) in [6.07, 6.45) is -7.34. The van der Waals surface area contributed by atoms with Crippen molar-refractivity contribution < 1.29 is 35.8 Å². The monoisotopic (exact) mass is 507 g/mol. The lowest BCUT2D eigenvalue weighted by molar-refractivity contribution is -0.271. The minimum Gasteiger partial charge on any atom is -0.375 e. The van der Waals surface area contributed by atoms with Gasteiger partial charge in [-0.2, -0.15) is 31.4 Å². The number of halogens is 7. The molecule has 0 amide bonds. The summed E-state index contributed by atoms with van der Waals surface area (Å²) in [7, 11) is 0. The molecule has 5 aromatic rings. The maximum atomic E-state index is 14.3. The minimum atomic E-state index is -5.16. The van der Waals surface area contributed by atoms with Gasteiger partial charge in [0, 0.05) is 17.1 Å². The van der Waals surface area contributed by atoms with Gasteiger partial charge in [0.2, 0.25) is 5.60 Å². The van der Waals surface area contributed by atoms with E-state index in [4.69, 9.17) is 0 Å². The van der Waals surface area contributed by atoms with Gasteiger partial charge in [-0.1, -0.05) is 12.1 Å². The van der Waals surface area contributed by atoms with Crippen molar-refractivity contribution in [1.29, 1.82) is 0 Å². The van der Waals surface area contributed by atoms with Gasteiger partial charge in [-0.25, -0.2) is 9.07 Å². The van der Waals surface area contributed by atoms with Gasteiger partial charge < -0.3 is 9.67 Å². The maximum Gasteiger partial charge on any atom is 0.423 e. The highest BCUT2D eigenvalue weighted by Gasteiger charge is 2.55. The van der Waals surface area contributed by atoms with E-state index in [2.05, 4.69) is 5.10 Å². The second-order valence-electron chi connectivity index (χ2n) is 8.38. The number of aliphatic hydroxyl groups is 1. The first-order valence-electron chi connectivity index (χ1n) is 10.6. The smallest absolute Gasteiger partial charge is 0.375 e. The van der Waals surface area contributed by atoms with E-state index in [9.17, 15) is 35.8 Å². The lowest BCUT2D eigenvalue weighted by atomic mass is 9.91. The van der Waals surface area contributed by atoms with Crippen LogP contribution in [0.4, 0.5) is 30.7 Å². The lowest BCUT2D eigenvalue weighted by Gasteiger charge is -2.32. The summed E-state index contributed by atoms with van der Waals surface area (Å²) in [6, 6.07) is 13.0. The number of rotatable bonds is 4. The molecule has 0 aliphatic carbocycles. The molecule has 0 bridgehead atoms. The normalized spacial score (nSPS) is 14.4. The van der Waals surface area contributed by atoms with Crippen LogP contribution in [0.3, 0.4) is 0 Å². The number of alkyl halides is 6. The molecule has 11 heteroatoms. The highest BCUT2D eigenvalue weighted by Crippen LogP contribution is 2.42. The fourth-order valence-electron chi connectivity index (χ4n) is 4.17. The number of nitrogens with zero attached hydrogens (tertiary/aromatic N) is 3. The molecule has 0 saturated carbocycles. The average molecular weight is 507 g/mol. The SMILES string of the molecule is OC(Cn1ccc2ccc(C(F)(F)F)cc21)(c1ccc2c(cnn2-c2ccc(F)cc2)c1)C(F)(F)F. The fourth-order valence-corrected chi connectivity index (χ4v) is 4.17. The summed E-state index contributed by atoms with van der Waals surface area (Å²) in [6.45, 7) is -1.07. The van der Waals surface area contributed by atoms with Crippen LogP contribution in [-0.2, 0) is 18.3 Å². The van der Waals surface area contributed by atoms with Crippen LogP contribution in [0, 0.1) is 5.82 Å². The van der Waals surface area contributed by atoms with Crippen LogP contribution in [0.5, 0.6) is 0 Å². The molecule has 0 saturated heterocycles. The molecule has 0 aliphatic rings. The maximum absolute atomic E-state index is 14.3. The molecule has 4 nitrogen and oxygen atoms in total. The van der Waals surface area contributed by atoms with E-state index in [1.165, 1.54) is 53.5 Å². The van der Waals surface area contributed by atoms with Crippen molar-refractivity contribution in [3.05, 3.63) is 96.1 Å². The highest BCUT2D eigenvalue weighted by molar-refractivity contribution is 5.82. The summed E-state index contributed by atoms with van der Waals surface area (Å²) in [4.78, 5) is 0. The highest BCUT2D eigenvalue weighted by atomic mass is 19.4. The Morgan fingerprint density at radius 2 is 1.44 bits per heavy atom. The number of hydrogen-bond donors (Lipinski definition) is 1. The second kappa shape index (κ2) is 8.09. The molecule has 2 aromatic heterocycles. The lowest BCUT2D eigenvalue weighted by Crippen LogP contribution is -2.45. The Balaban J connectivity index is 1.58. The Morgan fingerprint density at radius 3 is 2.11 bits per heavy atom. The van der Waals surface area contributed by atoms with Gasteiger partial charge in [0.25, 0.3) is 0 Å². The number of fused-ring (bicyclic) bond motifs is 2. The molecule has 0 aliphatic heterocycles. The zero-order chi connectivity index (χ0) is 25.9. The van der Waals surface area contributed by atoms with Crippen molar-refractivity contribution in [2.75, 3.05) is 0 Å².